The van der Waals surface area contributed by atoms with Crippen LogP contribution in [0.2, 0.25) is 5.02 Å². The van der Waals surface area contributed by atoms with Crippen LogP contribution in [-0.4, -0.2) is 45.9 Å². The van der Waals surface area contributed by atoms with Gasteiger partial charge in [-0.2, -0.15) is 4.21 Å². The summed E-state index contributed by atoms with van der Waals surface area (Å²) in [5, 5.41) is 0.765. The molecular weight excluding hydrogens is 482 g/mol. The van der Waals surface area contributed by atoms with Gasteiger partial charge >= 0.3 is 0 Å². The average molecular weight is 506 g/mol. The highest BCUT2D eigenvalue weighted by Gasteiger charge is 2.49. The maximum Gasteiger partial charge on any atom is 0.258 e. The Morgan fingerprint density at radius 3 is 2.30 bits per heavy atom. The Kier molecular flexibility index (Phi) is 9.11. The van der Waals surface area contributed by atoms with Crippen molar-refractivity contribution < 1.29 is 18.5 Å². The Morgan fingerprint density at radius 2 is 1.73 bits per heavy atom. The van der Waals surface area contributed by atoms with Gasteiger partial charge in [0.1, 0.15) is 17.0 Å². The van der Waals surface area contributed by atoms with Crippen molar-refractivity contribution in [2.45, 2.75) is 32.7 Å². The predicted octanol–water partition coefficient (Wildman–Crippen LogP) is 5.05. The minimum atomic E-state index is -0.797. The number of halogens is 1. The van der Waals surface area contributed by atoms with Gasteiger partial charge in [-0.15, -0.1) is 0 Å². The second-order valence-corrected chi connectivity index (χ2v) is 8.41. The summed E-state index contributed by atoms with van der Waals surface area (Å²) in [4.78, 5) is 20.1. The fourth-order valence-electron chi connectivity index (χ4n) is 3.50. The fraction of sp³-hybridized carbons (Fsp3) is 0.348. The second kappa shape index (κ2) is 11.4. The van der Waals surface area contributed by atoms with E-state index in [2.05, 4.69) is 17.4 Å². The Balaban J connectivity index is 0.00000187. The molecular formula is C23H24ClN3O4S2. The molecule has 174 valence electrons. The van der Waals surface area contributed by atoms with Crippen molar-refractivity contribution in [3.05, 3.63) is 58.4 Å². The first-order valence-electron chi connectivity index (χ1n) is 9.98. The number of methoxy groups -OCH3 is 1. The van der Waals surface area contributed by atoms with Gasteiger partial charge < -0.3 is 14.4 Å². The molecule has 0 N–H and O–H groups in total. The maximum atomic E-state index is 13.2. The highest BCUT2D eigenvalue weighted by Crippen LogP contribution is 2.39. The molecule has 1 amide bonds. The van der Waals surface area contributed by atoms with E-state index in [1.54, 1.807) is 26.2 Å². The fourth-order valence-corrected chi connectivity index (χ4v) is 4.20. The molecule has 0 radical (unpaired) electrons. The van der Waals surface area contributed by atoms with E-state index in [4.69, 9.17) is 44.1 Å². The van der Waals surface area contributed by atoms with Crippen LogP contribution in [0.15, 0.2) is 36.4 Å². The average Bonchev–Trinajstić information content (AvgIpc) is 2.99. The minimum Gasteiger partial charge on any atom is -0.497 e. The van der Waals surface area contributed by atoms with Gasteiger partial charge in [0.15, 0.2) is 17.6 Å². The van der Waals surface area contributed by atoms with Crippen LogP contribution in [0.5, 0.6) is 11.5 Å². The molecule has 1 fully saturated rings. The first-order valence-corrected chi connectivity index (χ1v) is 11.1. The number of hydrogen-bond donors (Lipinski definition) is 0. The van der Waals surface area contributed by atoms with Crippen LogP contribution >= 0.6 is 23.8 Å². The highest BCUT2D eigenvalue weighted by molar-refractivity contribution is 7.80. The largest absolute Gasteiger partial charge is 0.497 e. The summed E-state index contributed by atoms with van der Waals surface area (Å²) in [7, 11) is 1.62. The number of carbonyl (C=O) groups excluding carboxylic acids is 1. The Bertz CT molecular complexity index is 1070. The van der Waals surface area contributed by atoms with Gasteiger partial charge in [0.05, 0.1) is 31.0 Å². The smallest absolute Gasteiger partial charge is 0.258 e. The topological polar surface area (TPSA) is 63.4 Å². The normalized spacial score (nSPS) is 14.4. The van der Waals surface area contributed by atoms with Gasteiger partial charge in [-0.25, -0.2) is 4.85 Å². The van der Waals surface area contributed by atoms with Crippen molar-refractivity contribution in [3.63, 3.8) is 0 Å². The minimum absolute atomic E-state index is 0.122. The number of hydrogen-bond acceptors (Lipinski definition) is 6. The first-order chi connectivity index (χ1) is 15.7. The molecule has 1 aliphatic heterocycles. The zero-order valence-corrected chi connectivity index (χ0v) is 21.1. The third-order valence-corrected chi connectivity index (χ3v) is 6.26. The molecule has 33 heavy (non-hydrogen) atoms. The summed E-state index contributed by atoms with van der Waals surface area (Å²) >= 11 is 14.8. The Morgan fingerprint density at radius 1 is 1.12 bits per heavy atom. The molecule has 1 saturated heterocycles. The third-order valence-electron chi connectivity index (χ3n) is 5.38. The second-order valence-electron chi connectivity index (χ2n) is 7.67. The number of thiocarbonyl (C=S) groups is 1. The van der Waals surface area contributed by atoms with E-state index in [1.165, 1.54) is 4.90 Å². The van der Waals surface area contributed by atoms with Crippen LogP contribution in [-0.2, 0) is 17.3 Å². The molecule has 2 aromatic rings. The van der Waals surface area contributed by atoms with E-state index in [9.17, 15) is 4.79 Å². The summed E-state index contributed by atoms with van der Waals surface area (Å²) in [5.74, 6) is 1.41. The lowest BCUT2D eigenvalue weighted by atomic mass is 10.0. The number of nitrogens with zero attached hydrogens (tertiary/aromatic N) is 3. The van der Waals surface area contributed by atoms with Gasteiger partial charge in [-0.3, -0.25) is 9.69 Å². The zero-order valence-electron chi connectivity index (χ0n) is 18.8. The van der Waals surface area contributed by atoms with Crippen LogP contribution in [0.25, 0.3) is 4.85 Å². The van der Waals surface area contributed by atoms with Gasteiger partial charge in [0.25, 0.3) is 5.91 Å². The lowest BCUT2D eigenvalue weighted by Gasteiger charge is -2.29. The molecule has 3 rings (SSSR count). The molecule has 0 aromatic heterocycles. The molecule has 7 nitrogen and oxygen atoms in total. The van der Waals surface area contributed by atoms with Gasteiger partial charge in [-0.1, -0.05) is 17.7 Å². The standard InChI is InChI=1S/C23H24ClN3O3S.OS/c1-15-19(12-11-18(25-4)20(15)24)27-21(28)23(2,3)26(22(27)31)13-6-14-30-17-9-7-16(29-5)8-10-17;1-2/h7-12H,6,13-14H2,1-3,5H3;. The van der Waals surface area contributed by atoms with Gasteiger partial charge in [-0.05, 0) is 75.3 Å². The predicted molar refractivity (Wildman–Crippen MR) is 135 cm³/mol. The zero-order chi connectivity index (χ0) is 24.8. The van der Waals surface area contributed by atoms with E-state index in [0.29, 0.717) is 46.6 Å². The molecule has 1 heterocycles. The summed E-state index contributed by atoms with van der Waals surface area (Å²) in [6.45, 7) is 13.8. The van der Waals surface area contributed by atoms with Crippen LogP contribution in [0.4, 0.5) is 11.4 Å². The quantitative estimate of drug-likeness (QED) is 0.296. The van der Waals surface area contributed by atoms with Gasteiger partial charge in [0, 0.05) is 6.54 Å². The molecule has 0 saturated carbocycles. The Labute approximate surface area is 209 Å². The maximum absolute atomic E-state index is 13.2. The van der Waals surface area contributed by atoms with E-state index in [0.717, 1.165) is 11.5 Å². The van der Waals surface area contributed by atoms with Crippen molar-refractivity contribution in [2.24, 2.45) is 0 Å². The van der Waals surface area contributed by atoms with Crippen LogP contribution < -0.4 is 14.4 Å². The molecule has 0 spiro atoms. The Hall–Kier alpha value is -2.80. The van der Waals surface area contributed by atoms with Crippen molar-refractivity contribution in [1.82, 2.24) is 4.90 Å². The monoisotopic (exact) mass is 505 g/mol. The molecule has 0 atom stereocenters. The number of anilines is 1. The number of rotatable bonds is 7. The van der Waals surface area contributed by atoms with E-state index < -0.39 is 5.54 Å². The summed E-state index contributed by atoms with van der Waals surface area (Å²) < 4.78 is 18.8. The molecule has 10 heteroatoms. The van der Waals surface area contributed by atoms with Crippen LogP contribution in [0.3, 0.4) is 0 Å². The van der Waals surface area contributed by atoms with Crippen LogP contribution in [0, 0.1) is 13.5 Å². The lowest BCUT2D eigenvalue weighted by Crippen LogP contribution is -2.44. The summed E-state index contributed by atoms with van der Waals surface area (Å²) in [6.07, 6.45) is 0.688. The molecule has 0 bridgehead atoms. The number of benzene rings is 2. The van der Waals surface area contributed by atoms with E-state index >= 15 is 0 Å². The van der Waals surface area contributed by atoms with Gasteiger partial charge in [0.2, 0.25) is 5.69 Å². The first kappa shape index (κ1) is 26.5. The molecule has 0 unspecified atom stereocenters. The third kappa shape index (κ3) is 5.41. The van der Waals surface area contributed by atoms with E-state index in [1.807, 2.05) is 43.0 Å². The summed E-state index contributed by atoms with van der Waals surface area (Å²) in [6, 6.07) is 10.7. The number of ether oxygens (including phenoxy) is 2. The SMILES string of the molecule is O=S.[C-]#[N+]c1ccc(N2C(=O)C(C)(C)N(CCCOc3ccc(OC)cc3)C2=S)c(C)c1Cl. The van der Waals surface area contributed by atoms with Crippen molar-refractivity contribution in [1.29, 1.82) is 0 Å². The number of amides is 1. The lowest BCUT2D eigenvalue weighted by molar-refractivity contribution is -0.123. The molecule has 1 aliphatic rings. The van der Waals surface area contributed by atoms with Crippen molar-refractivity contribution in [3.8, 4) is 11.5 Å². The molecule has 2 aromatic carbocycles. The van der Waals surface area contributed by atoms with E-state index in [-0.39, 0.29) is 5.91 Å². The van der Waals surface area contributed by atoms with Crippen LogP contribution in [0.1, 0.15) is 25.8 Å². The highest BCUT2D eigenvalue weighted by atomic mass is 35.5. The van der Waals surface area contributed by atoms with Crippen molar-refractivity contribution in [2.75, 3.05) is 25.2 Å². The summed E-state index contributed by atoms with van der Waals surface area (Å²) in [5.41, 5.74) is 0.824. The molecule has 0 aliphatic carbocycles. The van der Waals surface area contributed by atoms with Crippen molar-refractivity contribution >= 4 is 58.7 Å². The number of carbonyl (C=O) groups is 1.